The fourth-order valence-electron chi connectivity index (χ4n) is 17.3. The van der Waals surface area contributed by atoms with Crippen molar-refractivity contribution in [2.75, 3.05) is 0 Å². The Morgan fingerprint density at radius 2 is 0.438 bits per heavy atom. The minimum absolute atomic E-state index is 0.650. The lowest BCUT2D eigenvalue weighted by Gasteiger charge is -2.35. The SMILES string of the molecule is c1ccc(C2(c3ccccc3)c3cc(-c4ccc5c(c4)C(c4ccccc4)(c4ccccc4)c4cc(-c6ccc7c(c6)c6ccccc6n7-c6cccc7ccccc67)ccc4-5)ccc3-c3ccc(-c4ccc5c(c4)c4ccccc4n5-c4cccc5ccccc45)cc32)cc1. The van der Waals surface area contributed by atoms with Crippen molar-refractivity contribution >= 4 is 65.2 Å². The lowest BCUT2D eigenvalue weighted by Crippen LogP contribution is -2.29. The fraction of sp³-hybridized carbons (Fsp3) is 0.0213. The average molecular weight is 1220 g/mol. The quantitative estimate of drug-likeness (QED) is 0.136. The van der Waals surface area contributed by atoms with Crippen LogP contribution >= 0.6 is 0 Å². The third-order valence-corrected chi connectivity index (χ3v) is 21.5. The zero-order valence-corrected chi connectivity index (χ0v) is 52.5. The molecule has 2 aromatic heterocycles. The lowest BCUT2D eigenvalue weighted by atomic mass is 9.66. The van der Waals surface area contributed by atoms with E-state index in [0.29, 0.717) is 0 Å². The van der Waals surface area contributed by atoms with Gasteiger partial charge in [-0.25, -0.2) is 0 Å². The second-order valence-corrected chi connectivity index (χ2v) is 26.2. The summed E-state index contributed by atoms with van der Waals surface area (Å²) in [5.74, 6) is 0. The molecule has 2 nitrogen and oxygen atoms in total. The molecular formula is C94H60N2. The van der Waals surface area contributed by atoms with Crippen LogP contribution in [0.1, 0.15) is 44.5 Å². The number of hydrogen-bond acceptors (Lipinski definition) is 0. The molecule has 0 unspecified atom stereocenters. The molecule has 2 aliphatic rings. The van der Waals surface area contributed by atoms with Crippen LogP contribution in [-0.2, 0) is 10.8 Å². The summed E-state index contributed by atoms with van der Waals surface area (Å²) in [6.45, 7) is 0. The maximum atomic E-state index is 2.53. The second kappa shape index (κ2) is 21.1. The monoisotopic (exact) mass is 1220 g/mol. The highest BCUT2D eigenvalue weighted by atomic mass is 15.0. The summed E-state index contributed by atoms with van der Waals surface area (Å²) in [5.41, 5.74) is 28.0. The molecule has 0 bridgehead atoms. The molecule has 0 saturated heterocycles. The van der Waals surface area contributed by atoms with E-state index in [1.807, 2.05) is 0 Å². The summed E-state index contributed by atoms with van der Waals surface area (Å²) in [6, 6.07) is 137. The molecule has 16 aromatic carbocycles. The molecule has 0 atom stereocenters. The van der Waals surface area contributed by atoms with Gasteiger partial charge in [0.15, 0.2) is 0 Å². The number of para-hydroxylation sites is 2. The van der Waals surface area contributed by atoms with Gasteiger partial charge in [-0.2, -0.15) is 0 Å². The van der Waals surface area contributed by atoms with E-state index in [-0.39, 0.29) is 0 Å². The molecule has 96 heavy (non-hydrogen) atoms. The summed E-state index contributed by atoms with van der Waals surface area (Å²) < 4.78 is 4.91. The molecule has 20 rings (SSSR count). The Bertz CT molecular complexity index is 5720. The topological polar surface area (TPSA) is 9.86 Å². The Hall–Kier alpha value is -12.4. The largest absolute Gasteiger partial charge is 0.309 e. The van der Waals surface area contributed by atoms with Crippen LogP contribution in [0.3, 0.4) is 0 Å². The molecule has 0 amide bonds. The number of hydrogen-bond donors (Lipinski definition) is 0. The Kier molecular flexibility index (Phi) is 11.9. The molecular weight excluding hydrogens is 1160 g/mol. The normalized spacial score (nSPS) is 13.4. The number of fused-ring (bicyclic) bond motifs is 14. The molecule has 2 aliphatic carbocycles. The summed E-state index contributed by atoms with van der Waals surface area (Å²) >= 11 is 0. The van der Waals surface area contributed by atoms with E-state index in [9.17, 15) is 0 Å². The van der Waals surface area contributed by atoms with Crippen molar-refractivity contribution in [3.63, 3.8) is 0 Å². The van der Waals surface area contributed by atoms with Crippen LogP contribution in [-0.4, -0.2) is 9.13 Å². The van der Waals surface area contributed by atoms with Gasteiger partial charge >= 0.3 is 0 Å². The van der Waals surface area contributed by atoms with Crippen molar-refractivity contribution < 1.29 is 0 Å². The number of nitrogens with zero attached hydrogens (tertiary/aromatic N) is 2. The van der Waals surface area contributed by atoms with Crippen molar-refractivity contribution in [2.24, 2.45) is 0 Å². The summed E-state index contributed by atoms with van der Waals surface area (Å²) in [5, 5.41) is 9.88. The Labute approximate surface area is 557 Å². The van der Waals surface area contributed by atoms with Crippen LogP contribution < -0.4 is 0 Å². The van der Waals surface area contributed by atoms with Gasteiger partial charge in [-0.15, -0.1) is 0 Å². The van der Waals surface area contributed by atoms with Gasteiger partial charge in [-0.05, 0) is 184 Å². The number of rotatable bonds is 9. The number of benzene rings is 16. The molecule has 0 radical (unpaired) electrons. The van der Waals surface area contributed by atoms with E-state index in [2.05, 4.69) is 373 Å². The van der Waals surface area contributed by atoms with Gasteiger partial charge in [-0.1, -0.05) is 291 Å². The Morgan fingerprint density at radius 1 is 0.177 bits per heavy atom. The third-order valence-electron chi connectivity index (χ3n) is 21.5. The van der Waals surface area contributed by atoms with E-state index in [1.54, 1.807) is 0 Å². The summed E-state index contributed by atoms with van der Waals surface area (Å²) in [7, 11) is 0. The molecule has 2 heterocycles. The first-order valence-electron chi connectivity index (χ1n) is 33.5. The van der Waals surface area contributed by atoms with Crippen LogP contribution in [0.15, 0.2) is 364 Å². The number of aromatic nitrogens is 2. The van der Waals surface area contributed by atoms with Crippen molar-refractivity contribution in [3.05, 3.63) is 408 Å². The van der Waals surface area contributed by atoms with Crippen LogP contribution in [0.2, 0.25) is 0 Å². The molecule has 446 valence electrons. The second-order valence-electron chi connectivity index (χ2n) is 26.2. The molecule has 0 N–H and O–H groups in total. The lowest BCUT2D eigenvalue weighted by molar-refractivity contribution is 0.768. The van der Waals surface area contributed by atoms with Crippen molar-refractivity contribution in [2.45, 2.75) is 10.8 Å². The van der Waals surface area contributed by atoms with E-state index in [4.69, 9.17) is 0 Å². The van der Waals surface area contributed by atoms with Crippen molar-refractivity contribution in [1.29, 1.82) is 0 Å². The van der Waals surface area contributed by atoms with E-state index >= 15 is 0 Å². The molecule has 0 saturated carbocycles. The van der Waals surface area contributed by atoms with E-state index < -0.39 is 10.8 Å². The van der Waals surface area contributed by atoms with Crippen LogP contribution in [0.25, 0.3) is 132 Å². The van der Waals surface area contributed by atoms with Gasteiger partial charge in [0.2, 0.25) is 0 Å². The highest BCUT2D eigenvalue weighted by Gasteiger charge is 2.48. The van der Waals surface area contributed by atoms with E-state index in [0.717, 1.165) is 0 Å². The average Bonchev–Trinajstić information content (AvgIpc) is 1.52. The molecule has 2 heteroatoms. The van der Waals surface area contributed by atoms with Crippen molar-refractivity contribution in [3.8, 4) is 67.0 Å². The van der Waals surface area contributed by atoms with Gasteiger partial charge in [0.05, 0.1) is 44.3 Å². The Balaban J connectivity index is 0.750. The summed E-state index contributed by atoms with van der Waals surface area (Å²) in [4.78, 5) is 0. The minimum atomic E-state index is -0.650. The molecule has 18 aromatic rings. The summed E-state index contributed by atoms with van der Waals surface area (Å²) in [6.07, 6.45) is 0. The Morgan fingerprint density at radius 3 is 0.781 bits per heavy atom. The third kappa shape index (κ3) is 7.76. The van der Waals surface area contributed by atoms with E-state index in [1.165, 1.54) is 177 Å². The van der Waals surface area contributed by atoms with Crippen molar-refractivity contribution in [1.82, 2.24) is 9.13 Å². The first-order valence-corrected chi connectivity index (χ1v) is 33.5. The first kappa shape index (κ1) is 54.2. The van der Waals surface area contributed by atoms with Gasteiger partial charge in [0.1, 0.15) is 0 Å². The van der Waals surface area contributed by atoms with Gasteiger partial charge < -0.3 is 9.13 Å². The maximum Gasteiger partial charge on any atom is 0.0713 e. The standard InChI is InChI=1S/C94H60N2/c1-5-27-69(28-6-1)93(70-29-7-2-8-30-70)83-57-65(63-47-53-91-81(55-63)79-37-17-19-39-89(79)95(91)87-41-21-25-61-23-13-15-35-73(61)87)43-49-75(83)77-51-45-67(59-85(77)93)68-46-52-78-76-50-44-66(58-84(76)94(86(78)60-68,71-31-9-3-10-32-71)72-33-11-4-12-34-72)64-48-54-92-82(56-64)80-38-18-20-40-90(80)96(92)88-42-22-26-62-24-14-16-36-74(62)88/h1-60H. The zero-order chi connectivity index (χ0) is 63.1. The molecule has 0 aliphatic heterocycles. The first-order chi connectivity index (χ1) is 47.6. The predicted octanol–water partition coefficient (Wildman–Crippen LogP) is 23.9. The molecule has 0 spiro atoms. The van der Waals surface area contributed by atoms with Gasteiger partial charge in [0.25, 0.3) is 0 Å². The van der Waals surface area contributed by atoms with Crippen LogP contribution in [0.4, 0.5) is 0 Å². The predicted molar refractivity (Wildman–Crippen MR) is 401 cm³/mol. The zero-order valence-electron chi connectivity index (χ0n) is 52.5. The maximum absolute atomic E-state index is 2.53. The van der Waals surface area contributed by atoms with Gasteiger partial charge in [0, 0.05) is 32.3 Å². The molecule has 0 fully saturated rings. The highest BCUT2D eigenvalue weighted by Crippen LogP contribution is 2.60. The van der Waals surface area contributed by atoms with Crippen LogP contribution in [0, 0.1) is 0 Å². The van der Waals surface area contributed by atoms with Crippen LogP contribution in [0.5, 0.6) is 0 Å². The smallest absolute Gasteiger partial charge is 0.0713 e. The highest BCUT2D eigenvalue weighted by molar-refractivity contribution is 6.13. The fourth-order valence-corrected chi connectivity index (χ4v) is 17.3. The minimum Gasteiger partial charge on any atom is -0.309 e. The van der Waals surface area contributed by atoms with Gasteiger partial charge in [-0.3, -0.25) is 0 Å².